The highest BCUT2D eigenvalue weighted by Gasteiger charge is 2.33. The first-order valence-corrected chi connectivity index (χ1v) is 16.4. The van der Waals surface area contributed by atoms with Crippen molar-refractivity contribution in [3.8, 4) is 11.5 Å². The van der Waals surface area contributed by atoms with Gasteiger partial charge in [0.05, 0.1) is 19.3 Å². The number of carboxylic acids is 1. The van der Waals surface area contributed by atoms with Gasteiger partial charge in [-0.15, -0.1) is 0 Å². The Balaban J connectivity index is 1.13. The third-order valence-corrected chi connectivity index (χ3v) is 8.90. The van der Waals surface area contributed by atoms with Gasteiger partial charge in [0, 0.05) is 43.2 Å². The molecule has 1 amide bonds. The number of hydrogen-bond donors (Lipinski definition) is 1. The summed E-state index contributed by atoms with van der Waals surface area (Å²) < 4.78 is 17.6. The highest BCUT2D eigenvalue weighted by molar-refractivity contribution is 6.08. The van der Waals surface area contributed by atoms with Crippen LogP contribution < -0.4 is 9.47 Å². The number of carbonyl (C=O) groups excluding carboxylic acids is 1. The van der Waals surface area contributed by atoms with Crippen LogP contribution in [0.25, 0.3) is 16.3 Å². The lowest BCUT2D eigenvalue weighted by Crippen LogP contribution is -2.52. The van der Waals surface area contributed by atoms with Gasteiger partial charge in [0.2, 0.25) is 0 Å². The molecule has 2 unspecified atom stereocenters. The van der Waals surface area contributed by atoms with Gasteiger partial charge < -0.3 is 24.2 Å². The first-order valence-electron chi connectivity index (χ1n) is 16.4. The number of rotatable bonds is 15. The van der Waals surface area contributed by atoms with Crippen LogP contribution >= 0.6 is 0 Å². The van der Waals surface area contributed by atoms with Crippen LogP contribution in [0.1, 0.15) is 67.8 Å². The molecule has 2 atom stereocenters. The van der Waals surface area contributed by atoms with Crippen LogP contribution in [0.5, 0.6) is 11.5 Å². The number of ether oxygens (including phenoxy) is 3. The second-order valence-corrected chi connectivity index (χ2v) is 12.0. The second-order valence-electron chi connectivity index (χ2n) is 12.0. The quantitative estimate of drug-likeness (QED) is 0.191. The van der Waals surface area contributed by atoms with E-state index in [9.17, 15) is 9.59 Å². The van der Waals surface area contributed by atoms with Crippen LogP contribution in [-0.2, 0) is 9.53 Å². The van der Waals surface area contributed by atoms with Crippen molar-refractivity contribution in [2.24, 2.45) is 0 Å². The minimum Gasteiger partial charge on any atom is -0.494 e. The number of fused-ring (bicyclic) bond motifs is 2. The number of morpholine rings is 1. The summed E-state index contributed by atoms with van der Waals surface area (Å²) in [7, 11) is 0. The molecule has 2 fully saturated rings. The second kappa shape index (κ2) is 15.9. The molecule has 0 aromatic heterocycles. The number of amides is 1. The maximum Gasteiger partial charge on any atom is 0.341 e. The predicted molar refractivity (Wildman–Crippen MR) is 177 cm³/mol. The molecule has 1 N–H and O–H groups in total. The van der Waals surface area contributed by atoms with Crippen molar-refractivity contribution in [2.75, 3.05) is 46.0 Å². The van der Waals surface area contributed by atoms with Crippen molar-refractivity contribution in [2.45, 2.75) is 64.0 Å². The van der Waals surface area contributed by atoms with Crippen molar-refractivity contribution in [3.05, 3.63) is 78.4 Å². The molecule has 8 heteroatoms. The van der Waals surface area contributed by atoms with E-state index in [0.29, 0.717) is 55.0 Å². The smallest absolute Gasteiger partial charge is 0.341 e. The number of nitrogens with zero attached hydrogens (tertiary/aromatic N) is 2. The average Bonchev–Trinajstić information content (AvgIpc) is 3.07. The Hall–Kier alpha value is -3.88. The zero-order chi connectivity index (χ0) is 31.6. The van der Waals surface area contributed by atoms with E-state index in [2.05, 4.69) is 18.4 Å². The molecule has 0 spiro atoms. The Bertz CT molecular complexity index is 1450. The summed E-state index contributed by atoms with van der Waals surface area (Å²) in [5, 5.41) is 10.5. The van der Waals surface area contributed by atoms with Crippen LogP contribution in [0.2, 0.25) is 0 Å². The van der Waals surface area contributed by atoms with Gasteiger partial charge in [0.1, 0.15) is 11.5 Å². The Morgan fingerprint density at radius 2 is 1.78 bits per heavy atom. The zero-order valence-electron chi connectivity index (χ0n) is 26.4. The molecule has 1 heterocycles. The summed E-state index contributed by atoms with van der Waals surface area (Å²) in [6.07, 6.45) is 7.92. The Morgan fingerprint density at radius 3 is 2.56 bits per heavy atom. The minimum atomic E-state index is -1.05. The first-order chi connectivity index (χ1) is 21.9. The molecular formula is C37H46N2O6. The van der Waals surface area contributed by atoms with Crippen molar-refractivity contribution in [3.63, 3.8) is 0 Å². The molecule has 8 nitrogen and oxygen atoms in total. The molecule has 5 rings (SSSR count). The van der Waals surface area contributed by atoms with E-state index in [4.69, 9.17) is 19.3 Å². The van der Waals surface area contributed by atoms with E-state index >= 15 is 0 Å². The van der Waals surface area contributed by atoms with Gasteiger partial charge in [-0.1, -0.05) is 62.7 Å². The number of carboxylic acid groups (broad SMARTS) is 1. The monoisotopic (exact) mass is 614 g/mol. The highest BCUT2D eigenvalue weighted by atomic mass is 16.5. The first kappa shape index (κ1) is 32.5. The van der Waals surface area contributed by atoms with Crippen molar-refractivity contribution < 1.29 is 28.9 Å². The number of hydrogen-bond acceptors (Lipinski definition) is 6. The van der Waals surface area contributed by atoms with Crippen LogP contribution in [-0.4, -0.2) is 84.9 Å². The van der Waals surface area contributed by atoms with E-state index in [0.717, 1.165) is 54.8 Å². The lowest BCUT2D eigenvalue weighted by Gasteiger charge is -2.43. The maximum atomic E-state index is 13.8. The van der Waals surface area contributed by atoms with Gasteiger partial charge in [0.15, 0.2) is 6.61 Å². The summed E-state index contributed by atoms with van der Waals surface area (Å²) >= 11 is 0. The molecule has 45 heavy (non-hydrogen) atoms. The minimum absolute atomic E-state index is 0.0644. The Morgan fingerprint density at radius 1 is 1.00 bits per heavy atom. The maximum absolute atomic E-state index is 13.8. The molecule has 0 bridgehead atoms. The number of carbonyl (C=O) groups is 2. The third kappa shape index (κ3) is 8.44. The van der Waals surface area contributed by atoms with Crippen molar-refractivity contribution in [1.82, 2.24) is 9.80 Å². The lowest BCUT2D eigenvalue weighted by atomic mass is 9.90. The molecule has 1 aliphatic heterocycles. The summed E-state index contributed by atoms with van der Waals surface area (Å²) in [4.78, 5) is 29.2. The largest absolute Gasteiger partial charge is 0.494 e. The van der Waals surface area contributed by atoms with E-state index in [1.165, 1.54) is 25.7 Å². The molecule has 1 saturated heterocycles. The molecule has 2 aliphatic rings. The lowest BCUT2D eigenvalue weighted by molar-refractivity contribution is -0.139. The molecule has 3 aromatic carbocycles. The fraction of sp³-hybridized carbons (Fsp3) is 0.459. The van der Waals surface area contributed by atoms with Gasteiger partial charge >= 0.3 is 5.97 Å². The number of benzene rings is 3. The SMILES string of the molecule is C=C(CCN(CCC)C(=O)c1ccc(OCC(=O)O)c2ccccc12)c1ccc(OCCCN2CCOC3CCCCC32)cc1. The molecular weight excluding hydrogens is 568 g/mol. The van der Waals surface area contributed by atoms with Crippen molar-refractivity contribution in [1.29, 1.82) is 0 Å². The fourth-order valence-corrected chi connectivity index (χ4v) is 6.59. The summed E-state index contributed by atoms with van der Waals surface area (Å²) in [5.41, 5.74) is 2.57. The zero-order valence-corrected chi connectivity index (χ0v) is 26.4. The third-order valence-electron chi connectivity index (χ3n) is 8.90. The Labute approximate surface area is 266 Å². The average molecular weight is 615 g/mol. The molecule has 1 saturated carbocycles. The van der Waals surface area contributed by atoms with Gasteiger partial charge in [0.25, 0.3) is 5.91 Å². The van der Waals surface area contributed by atoms with Gasteiger partial charge in [-0.3, -0.25) is 9.69 Å². The van der Waals surface area contributed by atoms with Crippen LogP contribution in [0.4, 0.5) is 0 Å². The van der Waals surface area contributed by atoms with Crippen LogP contribution in [0.15, 0.2) is 67.2 Å². The summed E-state index contributed by atoms with van der Waals surface area (Å²) in [6.45, 7) is 10.7. The van der Waals surface area contributed by atoms with E-state index in [1.54, 1.807) is 12.1 Å². The summed E-state index contributed by atoms with van der Waals surface area (Å²) in [5.74, 6) is 0.189. The normalized spacial score (nSPS) is 18.2. The van der Waals surface area contributed by atoms with Crippen molar-refractivity contribution >= 4 is 28.2 Å². The van der Waals surface area contributed by atoms with E-state index in [1.807, 2.05) is 53.4 Å². The fourth-order valence-electron chi connectivity index (χ4n) is 6.59. The number of aliphatic carboxylic acids is 1. The van der Waals surface area contributed by atoms with Gasteiger partial charge in [-0.05, 0) is 72.9 Å². The van der Waals surface area contributed by atoms with Crippen LogP contribution in [0, 0.1) is 0 Å². The van der Waals surface area contributed by atoms with Gasteiger partial charge in [-0.2, -0.15) is 0 Å². The Kier molecular flexibility index (Phi) is 11.5. The van der Waals surface area contributed by atoms with Gasteiger partial charge in [-0.25, -0.2) is 4.79 Å². The van der Waals surface area contributed by atoms with E-state index < -0.39 is 12.6 Å². The molecule has 1 aliphatic carbocycles. The standard InChI is InChI=1S/C37H46N2O6/c1-3-20-39(37(42)32-17-18-34(45-26-36(40)41)31-10-5-4-9-30(31)32)22-19-27(2)28-13-15-29(16-14-28)43-24-8-21-38-23-25-44-35-12-7-6-11-33(35)38/h4-5,9-10,13-18,33,35H,2-3,6-8,11-12,19-26H2,1H3,(H,40,41). The molecule has 0 radical (unpaired) electrons. The van der Waals surface area contributed by atoms with E-state index in [-0.39, 0.29) is 5.91 Å². The predicted octanol–water partition coefficient (Wildman–Crippen LogP) is 6.67. The molecule has 240 valence electrons. The topological polar surface area (TPSA) is 88.5 Å². The summed E-state index contributed by atoms with van der Waals surface area (Å²) in [6, 6.07) is 19.5. The van der Waals surface area contributed by atoms with Crippen LogP contribution in [0.3, 0.4) is 0 Å². The molecule has 3 aromatic rings. The highest BCUT2D eigenvalue weighted by Crippen LogP contribution is 2.31.